The van der Waals surface area contributed by atoms with Crippen LogP contribution in [0.1, 0.15) is 48.5 Å². The lowest BCUT2D eigenvalue weighted by molar-refractivity contribution is 0.125. The zero-order valence-corrected chi connectivity index (χ0v) is 12.2. The van der Waals surface area contributed by atoms with Gasteiger partial charge in [0.1, 0.15) is 0 Å². The topological polar surface area (TPSA) is 9.23 Å². The standard InChI is InChI=1S/C12H28OSi/c1-10(2)8-14(9-11(3)4)13-12(5,6)7/h10-11,14H,8-9H2,1-7H3. The van der Waals surface area contributed by atoms with Gasteiger partial charge in [0.15, 0.2) is 9.04 Å². The van der Waals surface area contributed by atoms with Crippen LogP contribution >= 0.6 is 0 Å². The summed E-state index contributed by atoms with van der Waals surface area (Å²) in [6.45, 7) is 15.7. The van der Waals surface area contributed by atoms with Gasteiger partial charge in [0.25, 0.3) is 0 Å². The van der Waals surface area contributed by atoms with Crippen LogP contribution in [-0.2, 0) is 4.43 Å². The van der Waals surface area contributed by atoms with Gasteiger partial charge in [-0.05, 0) is 44.7 Å². The second-order valence-corrected chi connectivity index (χ2v) is 8.53. The average Bonchev–Trinajstić information content (AvgIpc) is 1.77. The highest BCUT2D eigenvalue weighted by Gasteiger charge is 2.22. The molecule has 0 N–H and O–H groups in total. The van der Waals surface area contributed by atoms with E-state index in [0.717, 1.165) is 11.8 Å². The highest BCUT2D eigenvalue weighted by atomic mass is 28.3. The largest absolute Gasteiger partial charge is 0.415 e. The molecule has 0 heterocycles. The summed E-state index contributed by atoms with van der Waals surface area (Å²) in [5.41, 5.74) is 0.0562. The molecule has 0 aromatic carbocycles. The maximum atomic E-state index is 6.20. The van der Waals surface area contributed by atoms with E-state index in [1.807, 2.05) is 0 Å². The minimum absolute atomic E-state index is 0.0562. The molecule has 0 spiro atoms. The van der Waals surface area contributed by atoms with Gasteiger partial charge in [-0.2, -0.15) is 0 Å². The number of hydrogen-bond donors (Lipinski definition) is 0. The second kappa shape index (κ2) is 5.91. The van der Waals surface area contributed by atoms with Gasteiger partial charge < -0.3 is 4.43 Å². The van der Waals surface area contributed by atoms with E-state index in [-0.39, 0.29) is 5.60 Å². The van der Waals surface area contributed by atoms with Gasteiger partial charge in [-0.15, -0.1) is 0 Å². The van der Waals surface area contributed by atoms with Crippen LogP contribution in [-0.4, -0.2) is 14.6 Å². The molecule has 0 fully saturated rings. The molecule has 14 heavy (non-hydrogen) atoms. The molecule has 0 aromatic heterocycles. The first kappa shape index (κ1) is 14.2. The van der Waals surface area contributed by atoms with Crippen molar-refractivity contribution in [2.75, 3.05) is 0 Å². The molecule has 0 aliphatic rings. The van der Waals surface area contributed by atoms with Crippen molar-refractivity contribution in [2.24, 2.45) is 11.8 Å². The van der Waals surface area contributed by atoms with Gasteiger partial charge in [0.05, 0.1) is 0 Å². The summed E-state index contributed by atoms with van der Waals surface area (Å²) < 4.78 is 6.20. The van der Waals surface area contributed by atoms with Gasteiger partial charge >= 0.3 is 0 Å². The van der Waals surface area contributed by atoms with Crippen LogP contribution in [0.2, 0.25) is 12.1 Å². The molecule has 0 aliphatic heterocycles. The molecule has 0 atom stereocenters. The molecule has 0 saturated heterocycles. The first-order valence-electron chi connectivity index (χ1n) is 5.88. The van der Waals surface area contributed by atoms with Crippen LogP contribution in [0.5, 0.6) is 0 Å². The Balaban J connectivity index is 4.11. The maximum absolute atomic E-state index is 6.20. The normalized spacial score (nSPS) is 13.3. The Labute approximate surface area is 92.0 Å². The Morgan fingerprint density at radius 2 is 1.29 bits per heavy atom. The fourth-order valence-electron chi connectivity index (χ4n) is 1.74. The van der Waals surface area contributed by atoms with Crippen molar-refractivity contribution < 1.29 is 4.43 Å². The van der Waals surface area contributed by atoms with Crippen LogP contribution in [0, 0.1) is 11.8 Å². The lowest BCUT2D eigenvalue weighted by atomic mass is 10.2. The molecular formula is C12H28OSi. The van der Waals surface area contributed by atoms with Crippen molar-refractivity contribution in [1.29, 1.82) is 0 Å². The Bertz CT molecular complexity index is 137. The van der Waals surface area contributed by atoms with E-state index in [1.165, 1.54) is 12.1 Å². The molecule has 0 amide bonds. The monoisotopic (exact) mass is 216 g/mol. The second-order valence-electron chi connectivity index (χ2n) is 6.11. The average molecular weight is 216 g/mol. The zero-order chi connectivity index (χ0) is 11.4. The Hall–Kier alpha value is 0.177. The van der Waals surface area contributed by atoms with Gasteiger partial charge in [0, 0.05) is 5.60 Å². The van der Waals surface area contributed by atoms with E-state index < -0.39 is 9.04 Å². The van der Waals surface area contributed by atoms with Crippen molar-refractivity contribution >= 4 is 9.04 Å². The molecule has 0 rings (SSSR count). The molecule has 86 valence electrons. The summed E-state index contributed by atoms with van der Waals surface area (Å²) in [5, 5.41) is 0. The van der Waals surface area contributed by atoms with E-state index >= 15 is 0 Å². The Morgan fingerprint density at radius 3 is 1.50 bits per heavy atom. The van der Waals surface area contributed by atoms with Crippen LogP contribution < -0.4 is 0 Å². The summed E-state index contributed by atoms with van der Waals surface area (Å²) >= 11 is 0. The zero-order valence-electron chi connectivity index (χ0n) is 11.1. The maximum Gasteiger partial charge on any atom is 0.178 e. The van der Waals surface area contributed by atoms with Crippen LogP contribution in [0.15, 0.2) is 0 Å². The summed E-state index contributed by atoms with van der Waals surface area (Å²) in [4.78, 5) is 0. The van der Waals surface area contributed by atoms with Crippen LogP contribution in [0.25, 0.3) is 0 Å². The molecule has 0 unspecified atom stereocenters. The van der Waals surface area contributed by atoms with E-state index in [0.29, 0.717) is 0 Å². The Morgan fingerprint density at radius 1 is 0.929 bits per heavy atom. The van der Waals surface area contributed by atoms with Crippen LogP contribution in [0.3, 0.4) is 0 Å². The summed E-state index contributed by atoms with van der Waals surface area (Å²) in [5.74, 6) is 1.57. The molecule has 2 heteroatoms. The Kier molecular flexibility index (Phi) is 5.99. The van der Waals surface area contributed by atoms with E-state index in [9.17, 15) is 0 Å². The van der Waals surface area contributed by atoms with E-state index in [2.05, 4.69) is 48.5 Å². The summed E-state index contributed by atoms with van der Waals surface area (Å²) in [7, 11) is -0.975. The molecule has 1 nitrogen and oxygen atoms in total. The van der Waals surface area contributed by atoms with Gasteiger partial charge in [-0.1, -0.05) is 27.7 Å². The first-order chi connectivity index (χ1) is 6.20. The first-order valence-corrected chi connectivity index (χ1v) is 7.99. The van der Waals surface area contributed by atoms with Gasteiger partial charge in [-0.25, -0.2) is 0 Å². The smallest absolute Gasteiger partial charge is 0.178 e. The predicted octanol–water partition coefficient (Wildman–Crippen LogP) is 3.84. The molecule has 0 bridgehead atoms. The lowest BCUT2D eigenvalue weighted by Crippen LogP contribution is -2.32. The van der Waals surface area contributed by atoms with E-state index in [1.54, 1.807) is 0 Å². The third kappa shape index (κ3) is 8.76. The minimum atomic E-state index is -0.975. The molecule has 0 aromatic rings. The third-order valence-electron chi connectivity index (χ3n) is 1.99. The third-order valence-corrected chi connectivity index (χ3v) is 5.97. The van der Waals surface area contributed by atoms with Crippen molar-refractivity contribution in [2.45, 2.75) is 66.2 Å². The van der Waals surface area contributed by atoms with Crippen LogP contribution in [0.4, 0.5) is 0 Å². The molecular weight excluding hydrogens is 188 g/mol. The highest BCUT2D eigenvalue weighted by Crippen LogP contribution is 2.20. The van der Waals surface area contributed by atoms with Crippen molar-refractivity contribution in [3.05, 3.63) is 0 Å². The number of hydrogen-bond acceptors (Lipinski definition) is 1. The summed E-state index contributed by atoms with van der Waals surface area (Å²) in [6.07, 6.45) is 0. The fraction of sp³-hybridized carbons (Fsp3) is 1.00. The van der Waals surface area contributed by atoms with Crippen molar-refractivity contribution in [3.8, 4) is 0 Å². The highest BCUT2D eigenvalue weighted by molar-refractivity contribution is 6.52. The minimum Gasteiger partial charge on any atom is -0.415 e. The van der Waals surface area contributed by atoms with E-state index in [4.69, 9.17) is 4.43 Å². The lowest BCUT2D eigenvalue weighted by Gasteiger charge is -2.29. The van der Waals surface area contributed by atoms with Crippen molar-refractivity contribution in [3.63, 3.8) is 0 Å². The fourth-order valence-corrected chi connectivity index (χ4v) is 5.23. The predicted molar refractivity (Wildman–Crippen MR) is 67.3 cm³/mol. The quantitative estimate of drug-likeness (QED) is 0.635. The summed E-state index contributed by atoms with van der Waals surface area (Å²) in [6, 6.07) is 2.63. The molecule has 0 aliphatic carbocycles. The number of rotatable bonds is 5. The van der Waals surface area contributed by atoms with Gasteiger partial charge in [0.2, 0.25) is 0 Å². The molecule has 0 saturated carbocycles. The SMILES string of the molecule is CC(C)C[SiH](CC(C)C)OC(C)(C)C. The molecule has 0 radical (unpaired) electrons. The van der Waals surface area contributed by atoms with Crippen molar-refractivity contribution in [1.82, 2.24) is 0 Å². The van der Waals surface area contributed by atoms with Gasteiger partial charge in [-0.3, -0.25) is 0 Å².